The Kier molecular flexibility index (Phi) is 34.0. The number of rotatable bonds is 23. The second-order valence-corrected chi connectivity index (χ2v) is 24.5. The highest BCUT2D eigenvalue weighted by Crippen LogP contribution is 2.28. The zero-order valence-electron chi connectivity index (χ0n) is 58.3. The number of benzene rings is 6. The lowest BCUT2D eigenvalue weighted by Gasteiger charge is -2.29. The normalized spacial score (nSPS) is 12.8. The van der Waals surface area contributed by atoms with Gasteiger partial charge in [0.2, 0.25) is 0 Å². The summed E-state index contributed by atoms with van der Waals surface area (Å²) >= 11 is 0. The maximum atomic E-state index is 12.5. The number of aryl methyl sites for hydroxylation is 3. The molecule has 0 saturated carbocycles. The molecule has 0 bridgehead atoms. The van der Waals surface area contributed by atoms with Gasteiger partial charge in [-0.3, -0.25) is 19.7 Å². The van der Waals surface area contributed by atoms with Crippen molar-refractivity contribution >= 4 is 71.5 Å². The zero-order chi connectivity index (χ0) is 75.5. The van der Waals surface area contributed by atoms with E-state index in [0.717, 1.165) is 46.1 Å². The Hall–Kier alpha value is -11.5. The van der Waals surface area contributed by atoms with Crippen molar-refractivity contribution in [3.8, 4) is 17.2 Å². The summed E-state index contributed by atoms with van der Waals surface area (Å²) in [6, 6.07) is 42.0. The highest BCUT2D eigenvalue weighted by atomic mass is 16.7. The fourth-order valence-corrected chi connectivity index (χ4v) is 7.36. The van der Waals surface area contributed by atoms with E-state index >= 15 is 0 Å². The van der Waals surface area contributed by atoms with E-state index in [4.69, 9.17) is 73.8 Å². The number of carbonyl (C=O) groups excluding carboxylic acids is 8. The van der Waals surface area contributed by atoms with E-state index in [-0.39, 0.29) is 57.2 Å². The molecule has 0 radical (unpaired) electrons. The maximum Gasteiger partial charge on any atom is 0.508 e. The minimum Gasteiger partial charge on any atom is -0.550 e. The number of cyclic esters (lactones) is 2. The number of carbonyl (C=O) groups is 8. The average molecular weight is 1400 g/mol. The fourth-order valence-electron chi connectivity index (χ4n) is 7.36. The van der Waals surface area contributed by atoms with Crippen molar-refractivity contribution in [1.82, 2.24) is 5.32 Å². The van der Waals surface area contributed by atoms with Gasteiger partial charge < -0.3 is 94.7 Å². The van der Waals surface area contributed by atoms with Gasteiger partial charge in [-0.05, 0) is 166 Å². The van der Waals surface area contributed by atoms with Crippen LogP contribution < -0.4 is 46.7 Å². The number of aliphatic hydroxyl groups is 3. The molecule has 28 heteroatoms. The van der Waals surface area contributed by atoms with Crippen molar-refractivity contribution < 1.29 is 106 Å². The number of nitrogens with two attached hydrogens (primary N) is 2. The van der Waals surface area contributed by atoms with Crippen LogP contribution in [0.15, 0.2) is 175 Å². The molecule has 0 aromatic heterocycles. The van der Waals surface area contributed by atoms with Crippen molar-refractivity contribution in [3.63, 3.8) is 0 Å². The summed E-state index contributed by atoms with van der Waals surface area (Å²) < 4.78 is 50.6. The third-order valence-electron chi connectivity index (χ3n) is 13.2. The number of esters is 3. The number of amides is 1. The number of carboxylic acid groups (broad SMARTS) is 1. The van der Waals surface area contributed by atoms with Gasteiger partial charge in [0.1, 0.15) is 84.6 Å². The van der Waals surface area contributed by atoms with Crippen molar-refractivity contribution in [2.24, 2.45) is 32.7 Å². The van der Waals surface area contributed by atoms with Crippen LogP contribution in [0.3, 0.4) is 0 Å². The van der Waals surface area contributed by atoms with E-state index in [0.29, 0.717) is 22.9 Å². The van der Waals surface area contributed by atoms with Crippen LogP contribution in [0, 0.1) is 37.0 Å². The first-order valence-corrected chi connectivity index (χ1v) is 31.0. The number of anilines is 2. The molecule has 544 valence electrons. The largest absolute Gasteiger partial charge is 0.550 e. The van der Waals surface area contributed by atoms with Crippen LogP contribution in [0.4, 0.5) is 36.2 Å². The van der Waals surface area contributed by atoms with Gasteiger partial charge in [0.25, 0.3) is 0 Å². The van der Waals surface area contributed by atoms with Crippen molar-refractivity contribution in [2.45, 2.75) is 102 Å². The topological polar surface area (TPSA) is 413 Å². The van der Waals surface area contributed by atoms with E-state index in [1.165, 1.54) is 31.5 Å². The molecule has 0 spiro atoms. The van der Waals surface area contributed by atoms with E-state index < -0.39 is 90.1 Å². The number of guanidine groups is 1. The van der Waals surface area contributed by atoms with Crippen LogP contribution >= 0.6 is 0 Å². The number of hydrogen-bond acceptors (Lipinski definition) is 25. The molecule has 6 aromatic carbocycles. The summed E-state index contributed by atoms with van der Waals surface area (Å²) in [5, 5.41) is 45.2. The predicted molar refractivity (Wildman–Crippen MR) is 370 cm³/mol. The van der Waals surface area contributed by atoms with Gasteiger partial charge in [-0.1, -0.05) is 103 Å². The number of nitrogens with zero attached hydrogens (tertiary/aromatic N) is 1. The van der Waals surface area contributed by atoms with Crippen molar-refractivity contribution in [1.29, 1.82) is 0 Å². The Morgan fingerprint density at radius 3 is 1.29 bits per heavy atom. The van der Waals surface area contributed by atoms with E-state index in [9.17, 15) is 43.8 Å². The van der Waals surface area contributed by atoms with Crippen LogP contribution in [0.1, 0.15) is 88.8 Å². The lowest BCUT2D eigenvalue weighted by atomic mass is 9.92. The lowest BCUT2D eigenvalue weighted by Crippen LogP contribution is -2.45. The van der Waals surface area contributed by atoms with Gasteiger partial charge in [-0.25, -0.2) is 24.2 Å². The third kappa shape index (κ3) is 33.1. The Bertz CT molecular complexity index is 3710. The number of hydrogen-bond donors (Lipinski definition) is 8. The lowest BCUT2D eigenvalue weighted by molar-refractivity contribution is -0.302. The quantitative estimate of drug-likeness (QED) is 0.00972. The molecule has 1 aliphatic rings. The maximum absolute atomic E-state index is 12.5. The Balaban J connectivity index is 0.000000360. The van der Waals surface area contributed by atoms with E-state index in [1.54, 1.807) is 88.4 Å². The zero-order valence-corrected chi connectivity index (χ0v) is 58.3. The average Bonchev–Trinajstić information content (AvgIpc) is 0.823. The Labute approximate surface area is 586 Å². The monoisotopic (exact) mass is 1400 g/mol. The summed E-state index contributed by atoms with van der Waals surface area (Å²) in [5.41, 5.74) is 14.7. The highest BCUT2D eigenvalue weighted by Gasteiger charge is 2.42. The number of ether oxygens (including phenoxy) is 10. The van der Waals surface area contributed by atoms with Crippen LogP contribution in [0.5, 0.6) is 17.2 Å². The number of allylic oxidation sites excluding steroid dienone is 1. The first kappa shape index (κ1) is 83.7. The molecule has 6 aromatic rings. The third-order valence-corrected chi connectivity index (χ3v) is 13.2. The Morgan fingerprint density at radius 2 is 0.931 bits per heavy atom. The molecule has 1 saturated heterocycles. The predicted octanol–water partition coefficient (Wildman–Crippen LogP) is 9.77. The summed E-state index contributed by atoms with van der Waals surface area (Å²) in [6.45, 7) is 23.9. The molecule has 1 amide bonds. The number of nitrogens with one attached hydrogen (secondary N) is 3. The fraction of sp³-hybridized carbons (Fsp3) is 0.329. The molecule has 28 nitrogen and oxygen atoms in total. The molecule has 101 heavy (non-hydrogen) atoms. The van der Waals surface area contributed by atoms with E-state index in [2.05, 4.69) is 34.1 Å². The minimum atomic E-state index is -1.47. The van der Waals surface area contributed by atoms with Gasteiger partial charge in [-0.2, -0.15) is 0 Å². The Morgan fingerprint density at radius 1 is 0.564 bits per heavy atom. The smallest absolute Gasteiger partial charge is 0.508 e. The van der Waals surface area contributed by atoms with Gasteiger partial charge >= 0.3 is 42.5 Å². The molecular weight excluding hydrogens is 1310 g/mol. The second kappa shape index (κ2) is 41.0. The first-order chi connectivity index (χ1) is 47.5. The second-order valence-electron chi connectivity index (χ2n) is 24.5. The van der Waals surface area contributed by atoms with E-state index in [1.807, 2.05) is 100 Å². The van der Waals surface area contributed by atoms with Crippen molar-refractivity contribution in [2.75, 3.05) is 50.3 Å². The molecule has 1 aliphatic heterocycles. The van der Waals surface area contributed by atoms with Gasteiger partial charge in [0.15, 0.2) is 5.96 Å². The van der Waals surface area contributed by atoms with Gasteiger partial charge in [-0.15, -0.1) is 0 Å². The first-order valence-electron chi connectivity index (χ1n) is 31.0. The van der Waals surface area contributed by atoms with Crippen molar-refractivity contribution in [3.05, 3.63) is 204 Å². The molecule has 1 fully saturated rings. The van der Waals surface area contributed by atoms with Crippen LogP contribution in [-0.2, 0) is 72.2 Å². The summed E-state index contributed by atoms with van der Waals surface area (Å²) in [6.07, 6.45) is -3.32. The van der Waals surface area contributed by atoms with Gasteiger partial charge in [0, 0.05) is 23.0 Å². The molecular formula is C73H89N6O22-. The minimum absolute atomic E-state index is 0.0293. The molecule has 2 unspecified atom stereocenters. The number of aliphatic carboxylic acids is 1. The van der Waals surface area contributed by atoms with Crippen LogP contribution in [0.2, 0.25) is 0 Å². The SMILES string of the molecule is C=C(C)Nc1ccc(OC(=O)C(C)(CO)COC(=O)OCc2ccc(C)cc2)cc1.C=C(NC(=O)OC(C)(C)C)Nc1ccc(OC(=O)C2(C)COC(=O)OC2)cc1.CC(=O)[O-].Cc1ccc(CO)cc1.Cc1ccc(COC(=O)OCC(C)(CO)C(=O)Oc2ccc(N=C(N)N)cc2)cc1. The number of carboxylic acids is 1. The number of alkyl carbamates (subject to hydrolysis) is 1. The highest BCUT2D eigenvalue weighted by molar-refractivity contribution is 5.82. The molecule has 10 N–H and O–H groups in total. The van der Waals surface area contributed by atoms with Crippen LogP contribution in [0.25, 0.3) is 0 Å². The molecule has 1 heterocycles. The van der Waals surface area contributed by atoms with Crippen LogP contribution in [-0.4, -0.2) is 115 Å². The molecule has 2 atom stereocenters. The molecule has 7 rings (SSSR count). The summed E-state index contributed by atoms with van der Waals surface area (Å²) in [5.74, 6) is -2.20. The summed E-state index contributed by atoms with van der Waals surface area (Å²) in [7, 11) is 0. The van der Waals surface area contributed by atoms with Gasteiger partial charge in [0.05, 0.1) is 25.5 Å². The summed E-state index contributed by atoms with van der Waals surface area (Å²) in [4.78, 5) is 96.4. The number of aliphatic hydroxyl groups excluding tert-OH is 3. The standard InChI is InChI=1S/C23H27NO6.C21H25N3O6.C19H24N2O7.C8H10O.C2H4O2/c1-16(2)24-19-9-11-20(12-10-19)30-21(26)23(4,14-25)15-29-22(27)28-13-18-7-5-17(3)6-8-18;1-14-3-5-15(6-4-14)11-28-20(27)29-13-21(2,12-25)18(26)30-17-9-7-16(8-10-17)24-19(22)23;1-12(21-16(23)28-18(2,3)4)20-13-6-8-14(9-7-13)27-15(22)19(5)10-25-17(24)26-11-19;1-7-2-4-8(6-9)5-3-7;1-2(3)4/h5-12,24-25H,1,13-15H2,2-4H3;3-10,25H,11-13H2,1-2H3,(H4,22,23,24);6-9,20H,1,10-11H2,2-5H3,(H,21,23);2-5,9H,6H2,1H3;1H3,(H,3,4)/p-1. The number of aliphatic imine (C=N–C) groups is 1. The molecule has 0 aliphatic carbocycles.